The lowest BCUT2D eigenvalue weighted by Gasteiger charge is -2.03. The Balaban J connectivity index is 1.49. The fourth-order valence-corrected chi connectivity index (χ4v) is 3.34. The maximum Gasteiger partial charge on any atom is 0.260 e. The van der Waals surface area contributed by atoms with Gasteiger partial charge in [-0.25, -0.2) is 14.1 Å². The van der Waals surface area contributed by atoms with Gasteiger partial charge in [-0.1, -0.05) is 18.2 Å². The van der Waals surface area contributed by atoms with E-state index in [1.807, 2.05) is 30.3 Å². The van der Waals surface area contributed by atoms with Crippen molar-refractivity contribution in [3.63, 3.8) is 0 Å². The van der Waals surface area contributed by atoms with E-state index < -0.39 is 5.82 Å². The number of hydrogen-bond donors (Lipinski definition) is 1. The average Bonchev–Trinajstić information content (AvgIpc) is 3.38. The molecule has 0 aliphatic rings. The van der Waals surface area contributed by atoms with Crippen LogP contribution in [0.3, 0.4) is 0 Å². The lowest BCUT2D eigenvalue weighted by molar-refractivity contribution is 0.102. The standard InChI is InChI=1S/C20H15FN4O2S/c1-27-18-8-7-13(9-16(18)21)17-12-28-20(23-17)24-19(26)14-10-22-25(11-14)15-5-3-2-4-6-15/h2-12H,1H3,(H,23,24,26). The van der Waals surface area contributed by atoms with Crippen molar-refractivity contribution >= 4 is 22.4 Å². The van der Waals surface area contributed by atoms with Gasteiger partial charge in [0.05, 0.1) is 30.3 Å². The third-order valence-electron chi connectivity index (χ3n) is 4.04. The Morgan fingerprint density at radius 2 is 2.04 bits per heavy atom. The van der Waals surface area contributed by atoms with Crippen molar-refractivity contribution in [2.45, 2.75) is 0 Å². The zero-order valence-electron chi connectivity index (χ0n) is 14.8. The number of hydrogen-bond acceptors (Lipinski definition) is 5. The molecule has 4 rings (SSSR count). The molecule has 0 saturated carbocycles. The second-order valence-corrected chi connectivity index (χ2v) is 6.71. The molecule has 0 saturated heterocycles. The molecule has 0 aliphatic heterocycles. The van der Waals surface area contributed by atoms with Crippen LogP contribution in [0.5, 0.6) is 5.75 Å². The van der Waals surface area contributed by atoms with Crippen LogP contribution in [0, 0.1) is 5.82 Å². The number of aromatic nitrogens is 3. The molecule has 0 radical (unpaired) electrons. The second kappa shape index (κ2) is 7.61. The van der Waals surface area contributed by atoms with Gasteiger partial charge in [0.2, 0.25) is 0 Å². The summed E-state index contributed by atoms with van der Waals surface area (Å²) < 4.78 is 20.4. The van der Waals surface area contributed by atoms with E-state index in [9.17, 15) is 9.18 Å². The first-order valence-corrected chi connectivity index (χ1v) is 9.23. The van der Waals surface area contributed by atoms with Gasteiger partial charge in [-0.05, 0) is 30.3 Å². The Bertz CT molecular complexity index is 1120. The highest BCUT2D eigenvalue weighted by atomic mass is 32.1. The van der Waals surface area contributed by atoms with Crippen LogP contribution in [0.15, 0.2) is 66.3 Å². The molecule has 0 bridgehead atoms. The Hall–Kier alpha value is -3.52. The van der Waals surface area contributed by atoms with Crippen LogP contribution >= 0.6 is 11.3 Å². The minimum Gasteiger partial charge on any atom is -0.494 e. The third-order valence-corrected chi connectivity index (χ3v) is 4.80. The minimum atomic E-state index is -0.466. The van der Waals surface area contributed by atoms with Crippen LogP contribution in [0.1, 0.15) is 10.4 Å². The van der Waals surface area contributed by atoms with Crippen molar-refractivity contribution in [1.82, 2.24) is 14.8 Å². The summed E-state index contributed by atoms with van der Waals surface area (Å²) in [5.41, 5.74) is 2.45. The minimum absolute atomic E-state index is 0.169. The van der Waals surface area contributed by atoms with Crippen LogP contribution in [0.4, 0.5) is 9.52 Å². The monoisotopic (exact) mass is 394 g/mol. The predicted molar refractivity (Wildman–Crippen MR) is 106 cm³/mol. The summed E-state index contributed by atoms with van der Waals surface area (Å²) in [5.74, 6) is -0.612. The average molecular weight is 394 g/mol. The smallest absolute Gasteiger partial charge is 0.260 e. The van der Waals surface area contributed by atoms with Gasteiger partial charge < -0.3 is 4.74 Å². The Kier molecular flexibility index (Phi) is 4.86. The molecule has 2 heterocycles. The van der Waals surface area contributed by atoms with E-state index in [1.54, 1.807) is 28.4 Å². The van der Waals surface area contributed by atoms with Crippen LogP contribution in [-0.2, 0) is 0 Å². The number of halogens is 1. The quantitative estimate of drug-likeness (QED) is 0.545. The summed E-state index contributed by atoms with van der Waals surface area (Å²) in [4.78, 5) is 16.8. The zero-order chi connectivity index (χ0) is 19.5. The zero-order valence-corrected chi connectivity index (χ0v) is 15.6. The summed E-state index contributed by atoms with van der Waals surface area (Å²) in [6.45, 7) is 0. The topological polar surface area (TPSA) is 69.0 Å². The van der Waals surface area contributed by atoms with Crippen molar-refractivity contribution in [3.8, 4) is 22.7 Å². The number of nitrogens with zero attached hydrogens (tertiary/aromatic N) is 3. The molecule has 0 spiro atoms. The maximum atomic E-state index is 13.9. The molecular weight excluding hydrogens is 379 g/mol. The molecule has 140 valence electrons. The summed E-state index contributed by atoms with van der Waals surface area (Å²) in [5, 5.41) is 9.13. The van der Waals surface area contributed by atoms with Gasteiger partial charge in [0.15, 0.2) is 16.7 Å². The van der Waals surface area contributed by atoms with Gasteiger partial charge >= 0.3 is 0 Å². The van der Waals surface area contributed by atoms with Crippen molar-refractivity contribution in [1.29, 1.82) is 0 Å². The number of ether oxygens (including phenoxy) is 1. The molecule has 4 aromatic rings. The highest BCUT2D eigenvalue weighted by molar-refractivity contribution is 7.14. The highest BCUT2D eigenvalue weighted by Gasteiger charge is 2.13. The number of thiazole rings is 1. The number of rotatable bonds is 5. The third kappa shape index (κ3) is 3.63. The first-order chi connectivity index (χ1) is 13.6. The normalized spacial score (nSPS) is 10.6. The van der Waals surface area contributed by atoms with E-state index in [-0.39, 0.29) is 11.7 Å². The van der Waals surface area contributed by atoms with Crippen molar-refractivity contribution in [3.05, 3.63) is 77.7 Å². The van der Waals surface area contributed by atoms with Gasteiger partial charge in [0.25, 0.3) is 5.91 Å². The van der Waals surface area contributed by atoms with Crippen LogP contribution < -0.4 is 10.1 Å². The molecule has 28 heavy (non-hydrogen) atoms. The first-order valence-electron chi connectivity index (χ1n) is 8.35. The summed E-state index contributed by atoms with van der Waals surface area (Å²) in [7, 11) is 1.41. The van der Waals surface area contributed by atoms with E-state index in [0.29, 0.717) is 22.0 Å². The lowest BCUT2D eigenvalue weighted by atomic mass is 10.1. The van der Waals surface area contributed by atoms with Crippen molar-refractivity contribution < 1.29 is 13.9 Å². The summed E-state index contributed by atoms with van der Waals surface area (Å²) in [6.07, 6.45) is 3.15. The molecule has 0 fully saturated rings. The van der Waals surface area contributed by atoms with E-state index in [1.165, 1.54) is 30.7 Å². The fourth-order valence-electron chi connectivity index (χ4n) is 2.62. The number of amides is 1. The molecule has 0 atom stereocenters. The van der Waals surface area contributed by atoms with Gasteiger partial charge in [0.1, 0.15) is 0 Å². The Morgan fingerprint density at radius 1 is 1.21 bits per heavy atom. The van der Waals surface area contributed by atoms with E-state index in [0.717, 1.165) is 5.69 Å². The largest absolute Gasteiger partial charge is 0.494 e. The molecule has 8 heteroatoms. The number of para-hydroxylation sites is 1. The first kappa shape index (κ1) is 17.9. The number of nitrogens with one attached hydrogen (secondary N) is 1. The van der Waals surface area contributed by atoms with Crippen LogP contribution in [0.2, 0.25) is 0 Å². The van der Waals surface area contributed by atoms with Crippen LogP contribution in [-0.4, -0.2) is 27.8 Å². The molecule has 0 aliphatic carbocycles. The van der Waals surface area contributed by atoms with Gasteiger partial charge in [0, 0.05) is 17.1 Å². The van der Waals surface area contributed by atoms with E-state index in [4.69, 9.17) is 4.74 Å². The van der Waals surface area contributed by atoms with Gasteiger partial charge in [-0.2, -0.15) is 5.10 Å². The molecule has 0 unspecified atom stereocenters. The fraction of sp³-hybridized carbons (Fsp3) is 0.0500. The predicted octanol–water partition coefficient (Wildman–Crippen LogP) is 4.40. The Labute approximate surface area is 164 Å². The highest BCUT2D eigenvalue weighted by Crippen LogP contribution is 2.28. The van der Waals surface area contributed by atoms with Gasteiger partial charge in [-0.3, -0.25) is 10.1 Å². The number of carbonyl (C=O) groups excluding carboxylic acids is 1. The molecule has 2 aromatic carbocycles. The second-order valence-electron chi connectivity index (χ2n) is 5.85. The summed E-state index contributed by atoms with van der Waals surface area (Å²) in [6, 6.07) is 14.1. The lowest BCUT2D eigenvalue weighted by Crippen LogP contribution is -2.10. The molecule has 1 N–H and O–H groups in total. The number of anilines is 1. The van der Waals surface area contributed by atoms with Crippen LogP contribution in [0.25, 0.3) is 16.9 Å². The molecule has 1 amide bonds. The number of benzene rings is 2. The molecular formula is C20H15FN4O2S. The Morgan fingerprint density at radius 3 is 2.79 bits per heavy atom. The summed E-state index contributed by atoms with van der Waals surface area (Å²) >= 11 is 1.26. The number of methoxy groups -OCH3 is 1. The number of carbonyl (C=O) groups is 1. The van der Waals surface area contributed by atoms with Crippen molar-refractivity contribution in [2.75, 3.05) is 12.4 Å². The van der Waals surface area contributed by atoms with Gasteiger partial charge in [-0.15, -0.1) is 11.3 Å². The van der Waals surface area contributed by atoms with Crippen molar-refractivity contribution in [2.24, 2.45) is 0 Å². The van der Waals surface area contributed by atoms with E-state index >= 15 is 0 Å². The molecule has 2 aromatic heterocycles. The molecule has 6 nitrogen and oxygen atoms in total. The van der Waals surface area contributed by atoms with E-state index in [2.05, 4.69) is 15.4 Å². The maximum absolute atomic E-state index is 13.9. The SMILES string of the molecule is COc1ccc(-c2csc(NC(=O)c3cnn(-c4ccccc4)c3)n2)cc1F.